The van der Waals surface area contributed by atoms with E-state index in [2.05, 4.69) is 24.2 Å². The molecule has 0 unspecified atom stereocenters. The van der Waals surface area contributed by atoms with E-state index in [-0.39, 0.29) is 24.0 Å². The van der Waals surface area contributed by atoms with Crippen molar-refractivity contribution >= 4 is 5.91 Å². The normalized spacial score (nSPS) is 29.9. The average Bonchev–Trinajstić information content (AvgIpc) is 2.14. The number of rotatable bonds is 3. The maximum absolute atomic E-state index is 11.3. The van der Waals surface area contributed by atoms with E-state index >= 15 is 0 Å². The Morgan fingerprint density at radius 3 is 2.53 bits per heavy atom. The van der Waals surface area contributed by atoms with E-state index in [1.165, 1.54) is 0 Å². The van der Waals surface area contributed by atoms with Gasteiger partial charge in [0.2, 0.25) is 5.91 Å². The highest BCUT2D eigenvalue weighted by molar-refractivity contribution is 5.77. The van der Waals surface area contributed by atoms with E-state index in [9.17, 15) is 4.79 Å². The van der Waals surface area contributed by atoms with E-state index in [1.807, 2.05) is 6.92 Å². The number of amides is 1. The number of nitrogens with two attached hydrogens (primary N) is 1. The largest absolute Gasteiger partial charge is 0.373 e. The Hall–Kier alpha value is -0.650. The monoisotopic (exact) mass is 215 g/mol. The van der Waals surface area contributed by atoms with Gasteiger partial charge >= 0.3 is 0 Å². The molecule has 1 rings (SSSR count). The highest BCUT2D eigenvalue weighted by Gasteiger charge is 2.24. The minimum absolute atomic E-state index is 0.0764. The van der Waals surface area contributed by atoms with Gasteiger partial charge in [-0.05, 0) is 13.8 Å². The SMILES string of the molecule is C[C@H](CN1C[C@H](C)O[C@@H](C)C1)C(=O)NN. The molecule has 0 radical (unpaired) electrons. The van der Waals surface area contributed by atoms with E-state index in [0.717, 1.165) is 19.6 Å². The van der Waals surface area contributed by atoms with Crippen LogP contribution in [0.15, 0.2) is 0 Å². The lowest BCUT2D eigenvalue weighted by atomic mass is 10.1. The smallest absolute Gasteiger partial charge is 0.237 e. The van der Waals surface area contributed by atoms with Crippen molar-refractivity contribution in [1.82, 2.24) is 10.3 Å². The van der Waals surface area contributed by atoms with Crippen LogP contribution in [0.4, 0.5) is 0 Å². The molecule has 15 heavy (non-hydrogen) atoms. The van der Waals surface area contributed by atoms with Crippen molar-refractivity contribution in [2.24, 2.45) is 11.8 Å². The molecule has 1 saturated heterocycles. The van der Waals surface area contributed by atoms with Gasteiger partial charge in [-0.15, -0.1) is 0 Å². The van der Waals surface area contributed by atoms with Crippen molar-refractivity contribution in [3.63, 3.8) is 0 Å². The van der Waals surface area contributed by atoms with Crippen molar-refractivity contribution in [1.29, 1.82) is 0 Å². The molecule has 0 aromatic carbocycles. The number of nitrogens with zero attached hydrogens (tertiary/aromatic N) is 1. The van der Waals surface area contributed by atoms with E-state index < -0.39 is 0 Å². The van der Waals surface area contributed by atoms with Crippen molar-refractivity contribution in [3.8, 4) is 0 Å². The first-order valence-corrected chi connectivity index (χ1v) is 5.41. The highest BCUT2D eigenvalue weighted by atomic mass is 16.5. The van der Waals surface area contributed by atoms with Crippen LogP contribution in [0.2, 0.25) is 0 Å². The molecule has 1 aliphatic heterocycles. The molecule has 5 nitrogen and oxygen atoms in total. The summed E-state index contributed by atoms with van der Waals surface area (Å²) in [4.78, 5) is 13.5. The minimum Gasteiger partial charge on any atom is -0.373 e. The standard InChI is InChI=1S/C10H21N3O2/c1-7(10(14)12-11)4-13-5-8(2)15-9(3)6-13/h7-9H,4-6,11H2,1-3H3,(H,12,14)/t7-,8+,9+/m1/s1. The second kappa shape index (κ2) is 5.44. The van der Waals surface area contributed by atoms with Gasteiger partial charge in [0, 0.05) is 25.6 Å². The lowest BCUT2D eigenvalue weighted by Gasteiger charge is -2.36. The Morgan fingerprint density at radius 2 is 2.07 bits per heavy atom. The fourth-order valence-electron chi connectivity index (χ4n) is 2.05. The Kier molecular flexibility index (Phi) is 4.50. The zero-order chi connectivity index (χ0) is 11.4. The maximum Gasteiger partial charge on any atom is 0.237 e. The zero-order valence-corrected chi connectivity index (χ0v) is 9.69. The molecule has 0 aromatic heterocycles. The lowest BCUT2D eigenvalue weighted by molar-refractivity contribution is -0.126. The fourth-order valence-corrected chi connectivity index (χ4v) is 2.05. The van der Waals surface area contributed by atoms with Crippen LogP contribution in [0.3, 0.4) is 0 Å². The predicted octanol–water partition coefficient (Wildman–Crippen LogP) is -0.278. The van der Waals surface area contributed by atoms with Crippen LogP contribution in [-0.4, -0.2) is 42.6 Å². The molecule has 1 fully saturated rings. The molecule has 0 aromatic rings. The van der Waals surface area contributed by atoms with Gasteiger partial charge in [0.15, 0.2) is 0 Å². The summed E-state index contributed by atoms with van der Waals surface area (Å²) >= 11 is 0. The van der Waals surface area contributed by atoms with Gasteiger partial charge in [0.25, 0.3) is 0 Å². The third-order valence-electron chi connectivity index (χ3n) is 2.62. The van der Waals surface area contributed by atoms with Crippen LogP contribution < -0.4 is 11.3 Å². The number of ether oxygens (including phenoxy) is 1. The third kappa shape index (κ3) is 3.77. The Labute approximate surface area is 90.9 Å². The second-order valence-electron chi connectivity index (χ2n) is 4.39. The van der Waals surface area contributed by atoms with E-state index in [1.54, 1.807) is 0 Å². The first-order valence-electron chi connectivity index (χ1n) is 5.41. The summed E-state index contributed by atoms with van der Waals surface area (Å²) in [7, 11) is 0. The number of hydrogen-bond acceptors (Lipinski definition) is 4. The number of carbonyl (C=O) groups excluding carboxylic acids is 1. The lowest BCUT2D eigenvalue weighted by Crippen LogP contribution is -2.49. The molecule has 0 spiro atoms. The molecule has 3 N–H and O–H groups in total. The maximum atomic E-state index is 11.3. The van der Waals surface area contributed by atoms with Gasteiger partial charge in [-0.25, -0.2) is 5.84 Å². The summed E-state index contributed by atoms with van der Waals surface area (Å²) in [5.74, 6) is 4.90. The number of nitrogens with one attached hydrogen (secondary N) is 1. The molecular formula is C10H21N3O2. The van der Waals surface area contributed by atoms with Crippen LogP contribution in [0, 0.1) is 5.92 Å². The fraction of sp³-hybridized carbons (Fsp3) is 0.900. The van der Waals surface area contributed by atoms with Gasteiger partial charge in [-0.3, -0.25) is 15.1 Å². The molecule has 1 heterocycles. The van der Waals surface area contributed by atoms with Gasteiger partial charge < -0.3 is 4.74 Å². The van der Waals surface area contributed by atoms with Crippen LogP contribution >= 0.6 is 0 Å². The molecule has 0 aliphatic carbocycles. The first-order chi connectivity index (χ1) is 7.02. The van der Waals surface area contributed by atoms with E-state index in [4.69, 9.17) is 10.6 Å². The Balaban J connectivity index is 2.40. The Bertz CT molecular complexity index is 213. The molecule has 0 saturated carbocycles. The van der Waals surface area contributed by atoms with Crippen molar-refractivity contribution in [2.45, 2.75) is 33.0 Å². The number of morpholine rings is 1. The van der Waals surface area contributed by atoms with Crippen LogP contribution in [-0.2, 0) is 9.53 Å². The summed E-state index contributed by atoms with van der Waals surface area (Å²) in [6, 6.07) is 0. The number of carbonyl (C=O) groups is 1. The summed E-state index contributed by atoms with van der Waals surface area (Å²) in [6.07, 6.45) is 0.476. The van der Waals surface area contributed by atoms with Crippen LogP contribution in [0.25, 0.3) is 0 Å². The molecule has 5 heteroatoms. The molecule has 3 atom stereocenters. The van der Waals surface area contributed by atoms with Crippen molar-refractivity contribution < 1.29 is 9.53 Å². The Morgan fingerprint density at radius 1 is 1.53 bits per heavy atom. The van der Waals surface area contributed by atoms with Crippen LogP contribution in [0.5, 0.6) is 0 Å². The van der Waals surface area contributed by atoms with Crippen molar-refractivity contribution in [2.75, 3.05) is 19.6 Å². The quantitative estimate of drug-likeness (QED) is 0.386. The van der Waals surface area contributed by atoms with Crippen LogP contribution in [0.1, 0.15) is 20.8 Å². The topological polar surface area (TPSA) is 67.6 Å². The summed E-state index contributed by atoms with van der Waals surface area (Å²) in [6.45, 7) is 8.49. The average molecular weight is 215 g/mol. The van der Waals surface area contributed by atoms with Crippen molar-refractivity contribution in [3.05, 3.63) is 0 Å². The van der Waals surface area contributed by atoms with E-state index in [0.29, 0.717) is 0 Å². The molecular weight excluding hydrogens is 194 g/mol. The van der Waals surface area contributed by atoms with Gasteiger partial charge in [0.1, 0.15) is 0 Å². The molecule has 88 valence electrons. The minimum atomic E-state index is -0.109. The zero-order valence-electron chi connectivity index (χ0n) is 9.69. The molecule has 1 amide bonds. The second-order valence-corrected chi connectivity index (χ2v) is 4.39. The highest BCUT2D eigenvalue weighted by Crippen LogP contribution is 2.12. The van der Waals surface area contributed by atoms with Gasteiger partial charge in [-0.1, -0.05) is 6.92 Å². The van der Waals surface area contributed by atoms with Gasteiger partial charge in [-0.2, -0.15) is 0 Å². The molecule has 0 bridgehead atoms. The van der Waals surface area contributed by atoms with Gasteiger partial charge in [0.05, 0.1) is 12.2 Å². The number of hydrazine groups is 1. The first kappa shape index (κ1) is 12.4. The third-order valence-corrected chi connectivity index (χ3v) is 2.62. The predicted molar refractivity (Wildman–Crippen MR) is 57.9 cm³/mol. The number of hydrogen-bond donors (Lipinski definition) is 2. The summed E-state index contributed by atoms with van der Waals surface area (Å²) < 4.78 is 5.62. The molecule has 1 aliphatic rings. The summed E-state index contributed by atoms with van der Waals surface area (Å²) in [5, 5.41) is 0. The summed E-state index contributed by atoms with van der Waals surface area (Å²) in [5.41, 5.74) is 2.18.